The van der Waals surface area contributed by atoms with E-state index >= 15 is 0 Å². The van der Waals surface area contributed by atoms with E-state index in [0.29, 0.717) is 13.2 Å². The van der Waals surface area contributed by atoms with Gasteiger partial charge in [-0.1, -0.05) is 36.9 Å². The lowest BCUT2D eigenvalue weighted by atomic mass is 10.2. The SMILES string of the molecule is C=C(COC)Nc1ccc(OCc2ccccc2)cc1. The Kier molecular flexibility index (Phi) is 5.21. The summed E-state index contributed by atoms with van der Waals surface area (Å²) >= 11 is 0. The smallest absolute Gasteiger partial charge is 0.119 e. The summed E-state index contributed by atoms with van der Waals surface area (Å²) in [6, 6.07) is 17.9. The molecule has 1 N–H and O–H groups in total. The van der Waals surface area contributed by atoms with E-state index in [1.807, 2.05) is 54.6 Å². The molecule has 0 aromatic heterocycles. The maximum atomic E-state index is 5.72. The first kappa shape index (κ1) is 14.2. The quantitative estimate of drug-likeness (QED) is 0.828. The minimum absolute atomic E-state index is 0.492. The fourth-order valence-corrected chi connectivity index (χ4v) is 1.79. The van der Waals surface area contributed by atoms with Gasteiger partial charge in [-0.2, -0.15) is 0 Å². The Bertz CT molecular complexity index is 535. The van der Waals surface area contributed by atoms with Crippen LogP contribution in [0.25, 0.3) is 0 Å². The average Bonchev–Trinajstić information content (AvgIpc) is 2.48. The molecule has 3 nitrogen and oxygen atoms in total. The molecule has 0 fully saturated rings. The van der Waals surface area contributed by atoms with Crippen LogP contribution in [-0.2, 0) is 11.3 Å². The van der Waals surface area contributed by atoms with Crippen molar-refractivity contribution in [3.05, 3.63) is 72.4 Å². The summed E-state index contributed by atoms with van der Waals surface area (Å²) in [5.74, 6) is 0.844. The van der Waals surface area contributed by atoms with Gasteiger partial charge in [-0.25, -0.2) is 0 Å². The fourth-order valence-electron chi connectivity index (χ4n) is 1.79. The summed E-state index contributed by atoms with van der Waals surface area (Å²) in [4.78, 5) is 0. The van der Waals surface area contributed by atoms with Crippen LogP contribution in [0.4, 0.5) is 5.69 Å². The minimum atomic E-state index is 0.492. The predicted octanol–water partition coefficient (Wildman–Crippen LogP) is 3.84. The van der Waals surface area contributed by atoms with Gasteiger partial charge in [0.15, 0.2) is 0 Å². The normalized spacial score (nSPS) is 10.1. The molecule has 0 amide bonds. The molecule has 0 saturated carbocycles. The lowest BCUT2D eigenvalue weighted by Gasteiger charge is -2.10. The molecule has 0 saturated heterocycles. The van der Waals surface area contributed by atoms with Crippen molar-refractivity contribution >= 4 is 5.69 Å². The van der Waals surface area contributed by atoms with Crippen molar-refractivity contribution in [1.82, 2.24) is 0 Å². The molecule has 2 aromatic carbocycles. The Balaban J connectivity index is 1.87. The summed E-state index contributed by atoms with van der Waals surface area (Å²) < 4.78 is 10.7. The van der Waals surface area contributed by atoms with E-state index < -0.39 is 0 Å². The third-order valence-corrected chi connectivity index (χ3v) is 2.74. The van der Waals surface area contributed by atoms with Crippen molar-refractivity contribution < 1.29 is 9.47 Å². The van der Waals surface area contributed by atoms with E-state index in [9.17, 15) is 0 Å². The first-order valence-corrected chi connectivity index (χ1v) is 6.48. The third kappa shape index (κ3) is 4.44. The van der Waals surface area contributed by atoms with Gasteiger partial charge in [-0.3, -0.25) is 0 Å². The lowest BCUT2D eigenvalue weighted by Crippen LogP contribution is -2.04. The van der Waals surface area contributed by atoms with Crippen LogP contribution in [0.2, 0.25) is 0 Å². The van der Waals surface area contributed by atoms with Gasteiger partial charge in [0.25, 0.3) is 0 Å². The summed E-state index contributed by atoms with van der Waals surface area (Å²) in [5.41, 5.74) is 2.95. The highest BCUT2D eigenvalue weighted by Crippen LogP contribution is 2.18. The van der Waals surface area contributed by atoms with Gasteiger partial charge < -0.3 is 14.8 Å². The Morgan fingerprint density at radius 3 is 2.40 bits per heavy atom. The van der Waals surface area contributed by atoms with Crippen LogP contribution in [0, 0.1) is 0 Å². The van der Waals surface area contributed by atoms with Crippen LogP contribution in [0.1, 0.15) is 5.56 Å². The van der Waals surface area contributed by atoms with Gasteiger partial charge in [0, 0.05) is 18.5 Å². The summed E-state index contributed by atoms with van der Waals surface area (Å²) in [7, 11) is 1.65. The Hall–Kier alpha value is -2.26. The number of hydrogen-bond donors (Lipinski definition) is 1. The Labute approximate surface area is 119 Å². The molecular formula is C17H19NO2. The average molecular weight is 269 g/mol. The monoisotopic (exact) mass is 269 g/mol. The van der Waals surface area contributed by atoms with Gasteiger partial charge in [0.1, 0.15) is 12.4 Å². The van der Waals surface area contributed by atoms with E-state index in [1.54, 1.807) is 7.11 Å². The van der Waals surface area contributed by atoms with Gasteiger partial charge in [0.05, 0.1) is 6.61 Å². The Morgan fingerprint density at radius 1 is 1.05 bits per heavy atom. The maximum absolute atomic E-state index is 5.72. The molecule has 104 valence electrons. The molecule has 0 bridgehead atoms. The number of nitrogens with one attached hydrogen (secondary N) is 1. The molecule has 2 rings (SSSR count). The summed E-state index contributed by atoms with van der Waals surface area (Å²) in [6.07, 6.45) is 0. The topological polar surface area (TPSA) is 30.5 Å². The number of ether oxygens (including phenoxy) is 2. The second kappa shape index (κ2) is 7.36. The first-order chi connectivity index (χ1) is 9.78. The lowest BCUT2D eigenvalue weighted by molar-refractivity contribution is 0.227. The van der Waals surface area contributed by atoms with Crippen molar-refractivity contribution in [2.45, 2.75) is 6.61 Å². The Morgan fingerprint density at radius 2 is 1.75 bits per heavy atom. The van der Waals surface area contributed by atoms with Gasteiger partial charge >= 0.3 is 0 Å². The number of benzene rings is 2. The molecule has 0 spiro atoms. The van der Waals surface area contributed by atoms with Crippen LogP contribution in [0.3, 0.4) is 0 Å². The largest absolute Gasteiger partial charge is 0.489 e. The minimum Gasteiger partial charge on any atom is -0.489 e. The van der Waals surface area contributed by atoms with Crippen molar-refractivity contribution in [1.29, 1.82) is 0 Å². The third-order valence-electron chi connectivity index (χ3n) is 2.74. The van der Waals surface area contributed by atoms with E-state index in [1.165, 1.54) is 0 Å². The maximum Gasteiger partial charge on any atom is 0.119 e. The van der Waals surface area contributed by atoms with Crippen molar-refractivity contribution in [2.75, 3.05) is 19.0 Å². The number of anilines is 1. The zero-order valence-corrected chi connectivity index (χ0v) is 11.6. The molecular weight excluding hydrogens is 250 g/mol. The molecule has 0 heterocycles. The second-order valence-electron chi connectivity index (χ2n) is 4.46. The van der Waals surface area contributed by atoms with Crippen molar-refractivity contribution in [3.63, 3.8) is 0 Å². The predicted molar refractivity (Wildman–Crippen MR) is 81.9 cm³/mol. The highest BCUT2D eigenvalue weighted by Gasteiger charge is 1.98. The van der Waals surface area contributed by atoms with Gasteiger partial charge in [0.2, 0.25) is 0 Å². The zero-order valence-electron chi connectivity index (χ0n) is 11.6. The fraction of sp³-hybridized carbons (Fsp3) is 0.176. The highest BCUT2D eigenvalue weighted by molar-refractivity contribution is 5.50. The van der Waals surface area contributed by atoms with Crippen LogP contribution in [0.5, 0.6) is 5.75 Å². The van der Waals surface area contributed by atoms with E-state index in [2.05, 4.69) is 11.9 Å². The van der Waals surface area contributed by atoms with Crippen LogP contribution in [0.15, 0.2) is 66.9 Å². The van der Waals surface area contributed by atoms with Crippen molar-refractivity contribution in [2.24, 2.45) is 0 Å². The molecule has 0 atom stereocenters. The highest BCUT2D eigenvalue weighted by atomic mass is 16.5. The molecule has 0 radical (unpaired) electrons. The number of methoxy groups -OCH3 is 1. The number of hydrogen-bond acceptors (Lipinski definition) is 3. The van der Waals surface area contributed by atoms with Crippen LogP contribution < -0.4 is 10.1 Å². The molecule has 0 unspecified atom stereocenters. The second-order valence-corrected chi connectivity index (χ2v) is 4.46. The summed E-state index contributed by atoms with van der Waals surface area (Å²) in [5, 5.41) is 3.17. The summed E-state index contributed by atoms with van der Waals surface area (Å²) in [6.45, 7) is 4.94. The molecule has 20 heavy (non-hydrogen) atoms. The molecule has 3 heteroatoms. The molecule has 2 aromatic rings. The molecule has 0 aliphatic heterocycles. The first-order valence-electron chi connectivity index (χ1n) is 6.48. The van der Waals surface area contributed by atoms with Crippen LogP contribution in [-0.4, -0.2) is 13.7 Å². The van der Waals surface area contributed by atoms with E-state index in [4.69, 9.17) is 9.47 Å². The van der Waals surface area contributed by atoms with E-state index in [-0.39, 0.29) is 0 Å². The van der Waals surface area contributed by atoms with Crippen molar-refractivity contribution in [3.8, 4) is 5.75 Å². The van der Waals surface area contributed by atoms with Crippen LogP contribution >= 0.6 is 0 Å². The van der Waals surface area contributed by atoms with Gasteiger partial charge in [-0.15, -0.1) is 0 Å². The van der Waals surface area contributed by atoms with Gasteiger partial charge in [-0.05, 0) is 29.8 Å². The zero-order chi connectivity index (χ0) is 14.2. The number of rotatable bonds is 7. The standard InChI is InChI=1S/C17H19NO2/c1-14(12-19-2)18-16-8-10-17(11-9-16)20-13-15-6-4-3-5-7-15/h3-11,18H,1,12-13H2,2H3. The van der Waals surface area contributed by atoms with E-state index in [0.717, 1.165) is 22.7 Å². The molecule has 0 aliphatic carbocycles. The molecule has 0 aliphatic rings.